The number of nitrogens with zero attached hydrogens (tertiary/aromatic N) is 1. The number of ether oxygens (including phenoxy) is 1. The van der Waals surface area contributed by atoms with E-state index in [1.54, 1.807) is 19.1 Å². The number of rotatable bonds is 5. The second kappa shape index (κ2) is 7.43. The first-order chi connectivity index (χ1) is 11.8. The van der Waals surface area contributed by atoms with Gasteiger partial charge in [-0.15, -0.1) is 0 Å². The summed E-state index contributed by atoms with van der Waals surface area (Å²) in [7, 11) is 0. The first kappa shape index (κ1) is 17.9. The van der Waals surface area contributed by atoms with Crippen molar-refractivity contribution in [2.45, 2.75) is 20.0 Å². The number of benzene rings is 2. The summed E-state index contributed by atoms with van der Waals surface area (Å²) in [4.78, 5) is 34.3. The third kappa shape index (κ3) is 4.31. The van der Waals surface area contributed by atoms with Crippen LogP contribution in [0.3, 0.4) is 0 Å². The molecule has 2 aromatic rings. The van der Waals surface area contributed by atoms with Crippen molar-refractivity contribution < 1.29 is 24.4 Å². The van der Waals surface area contributed by atoms with Crippen molar-refractivity contribution >= 4 is 23.3 Å². The standard InChI is InChI=1S/C17H16N2O6/c1-10-5-3-8-14(15(10)20)17(22)25-11(2)16(21)18-12-6-4-7-13(9-12)19(23)24/h3-9,11,20H,1-2H3,(H,18,21)/t11-/m0/s1. The second-order valence-electron chi connectivity index (χ2n) is 5.32. The van der Waals surface area contributed by atoms with Crippen LogP contribution >= 0.6 is 0 Å². The molecule has 1 amide bonds. The van der Waals surface area contributed by atoms with E-state index in [2.05, 4.69) is 5.32 Å². The number of para-hydroxylation sites is 1. The Hall–Kier alpha value is -3.42. The first-order valence-electron chi connectivity index (χ1n) is 7.34. The van der Waals surface area contributed by atoms with E-state index in [0.29, 0.717) is 5.56 Å². The molecule has 0 aliphatic heterocycles. The van der Waals surface area contributed by atoms with Crippen LogP contribution in [0.2, 0.25) is 0 Å². The number of aryl methyl sites for hydroxylation is 1. The van der Waals surface area contributed by atoms with Crippen molar-refractivity contribution in [2.75, 3.05) is 5.32 Å². The third-order valence-electron chi connectivity index (χ3n) is 3.44. The first-order valence-corrected chi connectivity index (χ1v) is 7.34. The minimum Gasteiger partial charge on any atom is -0.507 e. The molecule has 0 unspecified atom stereocenters. The quantitative estimate of drug-likeness (QED) is 0.489. The summed E-state index contributed by atoms with van der Waals surface area (Å²) in [6.07, 6.45) is -1.16. The maximum absolute atomic E-state index is 12.1. The van der Waals surface area contributed by atoms with Gasteiger partial charge in [0.2, 0.25) is 0 Å². The van der Waals surface area contributed by atoms with Crippen molar-refractivity contribution in [3.63, 3.8) is 0 Å². The predicted octanol–water partition coefficient (Wildman–Crippen LogP) is 2.79. The zero-order chi connectivity index (χ0) is 18.6. The lowest BCUT2D eigenvalue weighted by Crippen LogP contribution is -2.30. The molecule has 0 saturated heterocycles. The van der Waals surface area contributed by atoms with E-state index >= 15 is 0 Å². The number of amides is 1. The van der Waals surface area contributed by atoms with Crippen molar-refractivity contribution in [2.24, 2.45) is 0 Å². The number of nitro groups is 1. The van der Waals surface area contributed by atoms with Gasteiger partial charge in [0.15, 0.2) is 6.10 Å². The van der Waals surface area contributed by atoms with Gasteiger partial charge < -0.3 is 15.2 Å². The molecule has 8 nitrogen and oxygen atoms in total. The van der Waals surface area contributed by atoms with E-state index < -0.39 is 22.9 Å². The number of non-ortho nitro benzene ring substituents is 1. The topological polar surface area (TPSA) is 119 Å². The number of phenolic OH excluding ortho intramolecular Hbond substituents is 1. The molecular formula is C17H16N2O6. The summed E-state index contributed by atoms with van der Waals surface area (Å²) in [5, 5.41) is 23.0. The number of nitrogens with one attached hydrogen (secondary N) is 1. The van der Waals surface area contributed by atoms with Gasteiger partial charge in [0, 0.05) is 17.8 Å². The van der Waals surface area contributed by atoms with E-state index in [0.717, 1.165) is 0 Å². The summed E-state index contributed by atoms with van der Waals surface area (Å²) in [5.74, 6) is -1.71. The van der Waals surface area contributed by atoms with Gasteiger partial charge in [0.05, 0.1) is 4.92 Å². The van der Waals surface area contributed by atoms with Gasteiger partial charge in [-0.1, -0.05) is 18.2 Å². The fourth-order valence-corrected chi connectivity index (χ4v) is 2.04. The smallest absolute Gasteiger partial charge is 0.342 e. The molecule has 2 aromatic carbocycles. The molecule has 0 spiro atoms. The van der Waals surface area contributed by atoms with Crippen molar-refractivity contribution in [3.05, 3.63) is 63.7 Å². The molecule has 2 N–H and O–H groups in total. The summed E-state index contributed by atoms with van der Waals surface area (Å²) >= 11 is 0. The summed E-state index contributed by atoms with van der Waals surface area (Å²) in [6, 6.07) is 9.99. The summed E-state index contributed by atoms with van der Waals surface area (Å²) in [5.41, 5.74) is 0.491. The molecule has 0 aliphatic carbocycles. The number of carbonyl (C=O) groups excluding carboxylic acids is 2. The molecule has 0 radical (unpaired) electrons. The maximum Gasteiger partial charge on any atom is 0.342 e. The van der Waals surface area contributed by atoms with Crippen LogP contribution in [0.15, 0.2) is 42.5 Å². The minimum atomic E-state index is -1.16. The van der Waals surface area contributed by atoms with Gasteiger partial charge in [-0.2, -0.15) is 0 Å². The lowest BCUT2D eigenvalue weighted by Gasteiger charge is -2.14. The van der Waals surface area contributed by atoms with Gasteiger partial charge in [-0.05, 0) is 31.5 Å². The Bertz CT molecular complexity index is 834. The third-order valence-corrected chi connectivity index (χ3v) is 3.44. The Morgan fingerprint density at radius 3 is 2.60 bits per heavy atom. The van der Waals surface area contributed by atoms with Gasteiger partial charge in [-0.3, -0.25) is 14.9 Å². The molecule has 25 heavy (non-hydrogen) atoms. The molecule has 2 rings (SSSR count). The SMILES string of the molecule is Cc1cccc(C(=O)O[C@@H](C)C(=O)Nc2cccc([N+](=O)[O-])c2)c1O. The van der Waals surface area contributed by atoms with Crippen LogP contribution in [-0.4, -0.2) is 28.0 Å². The fourth-order valence-electron chi connectivity index (χ4n) is 2.04. The monoisotopic (exact) mass is 344 g/mol. The summed E-state index contributed by atoms with van der Waals surface area (Å²) < 4.78 is 5.04. The van der Waals surface area contributed by atoms with E-state index in [4.69, 9.17) is 4.74 Å². The van der Waals surface area contributed by atoms with Gasteiger partial charge in [0.25, 0.3) is 11.6 Å². The Balaban J connectivity index is 2.05. The number of hydrogen-bond donors (Lipinski definition) is 2. The molecule has 0 heterocycles. The highest BCUT2D eigenvalue weighted by atomic mass is 16.6. The van der Waals surface area contributed by atoms with Crippen LogP contribution in [0.25, 0.3) is 0 Å². The number of phenols is 1. The van der Waals surface area contributed by atoms with E-state index in [-0.39, 0.29) is 22.7 Å². The van der Waals surface area contributed by atoms with E-state index in [9.17, 15) is 24.8 Å². The average Bonchev–Trinajstić information content (AvgIpc) is 2.57. The van der Waals surface area contributed by atoms with Crippen LogP contribution in [0.5, 0.6) is 5.75 Å². The molecule has 0 fully saturated rings. The lowest BCUT2D eigenvalue weighted by molar-refractivity contribution is -0.384. The molecule has 0 aromatic heterocycles. The molecule has 1 atom stereocenters. The van der Waals surface area contributed by atoms with Crippen LogP contribution < -0.4 is 5.32 Å². The highest BCUT2D eigenvalue weighted by Gasteiger charge is 2.22. The lowest BCUT2D eigenvalue weighted by atomic mass is 10.1. The fraction of sp³-hybridized carbons (Fsp3) is 0.176. The van der Waals surface area contributed by atoms with Crippen LogP contribution in [0, 0.1) is 17.0 Å². The van der Waals surface area contributed by atoms with Crippen molar-refractivity contribution in [1.29, 1.82) is 0 Å². The molecule has 8 heteroatoms. The number of anilines is 1. The van der Waals surface area contributed by atoms with Crippen LogP contribution in [-0.2, 0) is 9.53 Å². The Labute approximate surface area is 143 Å². The van der Waals surface area contributed by atoms with Gasteiger partial charge in [0.1, 0.15) is 11.3 Å². The predicted molar refractivity (Wildman–Crippen MR) is 89.4 cm³/mol. The molecule has 130 valence electrons. The zero-order valence-corrected chi connectivity index (χ0v) is 13.6. The molecule has 0 saturated carbocycles. The van der Waals surface area contributed by atoms with E-state index in [1.165, 1.54) is 37.3 Å². The Morgan fingerprint density at radius 2 is 1.92 bits per heavy atom. The number of aromatic hydroxyl groups is 1. The van der Waals surface area contributed by atoms with Gasteiger partial charge >= 0.3 is 5.97 Å². The normalized spacial score (nSPS) is 11.4. The number of hydrogen-bond acceptors (Lipinski definition) is 6. The molecular weight excluding hydrogens is 328 g/mol. The van der Waals surface area contributed by atoms with Crippen molar-refractivity contribution in [1.82, 2.24) is 0 Å². The molecule has 0 bridgehead atoms. The number of carbonyl (C=O) groups is 2. The second-order valence-corrected chi connectivity index (χ2v) is 5.32. The number of nitro benzene ring substituents is 1. The van der Waals surface area contributed by atoms with Gasteiger partial charge in [-0.25, -0.2) is 4.79 Å². The Morgan fingerprint density at radius 1 is 1.24 bits per heavy atom. The largest absolute Gasteiger partial charge is 0.507 e. The highest BCUT2D eigenvalue weighted by molar-refractivity contribution is 5.98. The van der Waals surface area contributed by atoms with E-state index in [1.807, 2.05) is 0 Å². The minimum absolute atomic E-state index is 0.0463. The van der Waals surface area contributed by atoms with Crippen molar-refractivity contribution in [3.8, 4) is 5.75 Å². The summed E-state index contributed by atoms with van der Waals surface area (Å²) in [6.45, 7) is 2.99. The molecule has 0 aliphatic rings. The maximum atomic E-state index is 12.1. The number of esters is 1. The Kier molecular flexibility index (Phi) is 5.33. The van der Waals surface area contributed by atoms with Crippen LogP contribution in [0.4, 0.5) is 11.4 Å². The highest BCUT2D eigenvalue weighted by Crippen LogP contribution is 2.23. The zero-order valence-electron chi connectivity index (χ0n) is 13.6. The average molecular weight is 344 g/mol. The van der Waals surface area contributed by atoms with Crippen LogP contribution in [0.1, 0.15) is 22.8 Å².